The van der Waals surface area contributed by atoms with Gasteiger partial charge in [-0.05, 0) is 37.1 Å². The molecule has 0 aliphatic rings. The fourth-order valence-corrected chi connectivity index (χ4v) is 3.79. The first-order chi connectivity index (χ1) is 13.5. The van der Waals surface area contributed by atoms with Gasteiger partial charge >= 0.3 is 0 Å². The van der Waals surface area contributed by atoms with E-state index in [4.69, 9.17) is 4.74 Å². The van der Waals surface area contributed by atoms with Gasteiger partial charge in [0, 0.05) is 6.07 Å². The Morgan fingerprint density at radius 2 is 1.79 bits per heavy atom. The SMILES string of the molecule is CCOc1ccc(C(NC(=O)c2cc([N+](=O)[O-])c(C)s2)c2ccccc2)cc1. The van der Waals surface area contributed by atoms with Crippen molar-refractivity contribution in [3.05, 3.63) is 91.7 Å². The highest BCUT2D eigenvalue weighted by Gasteiger charge is 2.23. The molecular formula is C21H20N2O4S. The van der Waals surface area contributed by atoms with Gasteiger partial charge in [-0.2, -0.15) is 0 Å². The van der Waals surface area contributed by atoms with Crippen LogP contribution in [0.15, 0.2) is 60.7 Å². The van der Waals surface area contributed by atoms with Crippen molar-refractivity contribution >= 4 is 22.9 Å². The summed E-state index contributed by atoms with van der Waals surface area (Å²) in [5, 5.41) is 14.1. The Hall–Kier alpha value is -3.19. The second kappa shape index (κ2) is 8.67. The number of carbonyl (C=O) groups excluding carboxylic acids is 1. The topological polar surface area (TPSA) is 81.5 Å². The predicted octanol–water partition coefficient (Wildman–Crippen LogP) is 4.88. The maximum Gasteiger partial charge on any atom is 0.283 e. The lowest BCUT2D eigenvalue weighted by molar-refractivity contribution is -0.385. The Bertz CT molecular complexity index is 968. The minimum Gasteiger partial charge on any atom is -0.494 e. The third-order valence-corrected chi connectivity index (χ3v) is 5.28. The molecule has 3 aromatic rings. The predicted molar refractivity (Wildman–Crippen MR) is 109 cm³/mol. The molecule has 0 radical (unpaired) electrons. The Labute approximate surface area is 166 Å². The highest BCUT2D eigenvalue weighted by atomic mass is 32.1. The number of benzene rings is 2. The van der Waals surface area contributed by atoms with Crippen molar-refractivity contribution in [1.29, 1.82) is 0 Å². The third-order valence-electron chi connectivity index (χ3n) is 4.24. The molecule has 0 bridgehead atoms. The maximum absolute atomic E-state index is 12.8. The first-order valence-corrected chi connectivity index (χ1v) is 9.64. The molecule has 6 nitrogen and oxygen atoms in total. The minimum absolute atomic E-state index is 0.0347. The van der Waals surface area contributed by atoms with Crippen LogP contribution in [0.2, 0.25) is 0 Å². The number of rotatable bonds is 7. The van der Waals surface area contributed by atoms with Gasteiger partial charge < -0.3 is 10.1 Å². The zero-order valence-corrected chi connectivity index (χ0v) is 16.4. The number of nitrogens with zero attached hydrogens (tertiary/aromatic N) is 1. The maximum atomic E-state index is 12.8. The Balaban J connectivity index is 1.90. The van der Waals surface area contributed by atoms with E-state index in [-0.39, 0.29) is 17.6 Å². The van der Waals surface area contributed by atoms with Crippen LogP contribution in [0.5, 0.6) is 5.75 Å². The molecular weight excluding hydrogens is 376 g/mol. The van der Waals surface area contributed by atoms with Crippen LogP contribution in [0, 0.1) is 17.0 Å². The van der Waals surface area contributed by atoms with Gasteiger partial charge in [-0.3, -0.25) is 14.9 Å². The van der Waals surface area contributed by atoms with Gasteiger partial charge in [-0.25, -0.2) is 0 Å². The van der Waals surface area contributed by atoms with E-state index in [0.717, 1.165) is 28.2 Å². The molecule has 144 valence electrons. The second-order valence-corrected chi connectivity index (χ2v) is 7.38. The summed E-state index contributed by atoms with van der Waals surface area (Å²) in [6.07, 6.45) is 0. The van der Waals surface area contributed by atoms with Gasteiger partial charge in [0.1, 0.15) is 5.75 Å². The smallest absolute Gasteiger partial charge is 0.283 e. The molecule has 0 spiro atoms. The van der Waals surface area contributed by atoms with Crippen molar-refractivity contribution < 1.29 is 14.5 Å². The van der Waals surface area contributed by atoms with E-state index < -0.39 is 4.92 Å². The zero-order valence-electron chi connectivity index (χ0n) is 15.5. The van der Waals surface area contributed by atoms with Crippen molar-refractivity contribution in [2.45, 2.75) is 19.9 Å². The molecule has 1 unspecified atom stereocenters. The largest absolute Gasteiger partial charge is 0.494 e. The molecule has 0 aliphatic heterocycles. The molecule has 1 N–H and O–H groups in total. The number of hydrogen-bond donors (Lipinski definition) is 1. The van der Waals surface area contributed by atoms with Gasteiger partial charge in [0.2, 0.25) is 0 Å². The second-order valence-electron chi connectivity index (χ2n) is 6.13. The molecule has 0 aliphatic carbocycles. The molecule has 0 saturated carbocycles. The molecule has 1 atom stereocenters. The molecule has 28 heavy (non-hydrogen) atoms. The number of hydrogen-bond acceptors (Lipinski definition) is 5. The molecule has 2 aromatic carbocycles. The van der Waals surface area contributed by atoms with Crippen molar-refractivity contribution in [1.82, 2.24) is 5.32 Å². The van der Waals surface area contributed by atoms with Crippen molar-refractivity contribution in [3.8, 4) is 5.75 Å². The summed E-state index contributed by atoms with van der Waals surface area (Å²) >= 11 is 1.12. The number of thiophene rings is 1. The van der Waals surface area contributed by atoms with Gasteiger partial charge in [0.05, 0.1) is 27.3 Å². The Morgan fingerprint density at radius 1 is 1.14 bits per heavy atom. The van der Waals surface area contributed by atoms with Gasteiger partial charge in [0.15, 0.2) is 0 Å². The number of aryl methyl sites for hydroxylation is 1. The van der Waals surface area contributed by atoms with Crippen LogP contribution in [0.25, 0.3) is 0 Å². The van der Waals surface area contributed by atoms with Crippen LogP contribution in [0.1, 0.15) is 38.6 Å². The minimum atomic E-state index is -0.469. The lowest BCUT2D eigenvalue weighted by atomic mass is 9.98. The Kier molecular flexibility index (Phi) is 6.06. The van der Waals surface area contributed by atoms with Crippen LogP contribution in [0.4, 0.5) is 5.69 Å². The number of ether oxygens (including phenoxy) is 1. The van der Waals surface area contributed by atoms with Gasteiger partial charge in [0.25, 0.3) is 11.6 Å². The van der Waals surface area contributed by atoms with Gasteiger partial charge in [-0.1, -0.05) is 42.5 Å². The molecule has 0 saturated heterocycles. The summed E-state index contributed by atoms with van der Waals surface area (Å²) in [7, 11) is 0. The normalized spacial score (nSPS) is 11.6. The van der Waals surface area contributed by atoms with E-state index in [2.05, 4.69) is 5.32 Å². The fourth-order valence-electron chi connectivity index (χ4n) is 2.90. The summed E-state index contributed by atoms with van der Waals surface area (Å²) in [4.78, 5) is 24.2. The summed E-state index contributed by atoms with van der Waals surface area (Å²) in [6.45, 7) is 4.14. The summed E-state index contributed by atoms with van der Waals surface area (Å²) in [5.74, 6) is 0.415. The van der Waals surface area contributed by atoms with Crippen molar-refractivity contribution in [2.75, 3.05) is 6.61 Å². The zero-order chi connectivity index (χ0) is 20.1. The molecule has 0 fully saturated rings. The summed E-state index contributed by atoms with van der Waals surface area (Å²) in [6, 6.07) is 18.1. The monoisotopic (exact) mass is 396 g/mol. The van der Waals surface area contributed by atoms with Gasteiger partial charge in [-0.15, -0.1) is 11.3 Å². The van der Waals surface area contributed by atoms with E-state index >= 15 is 0 Å². The van der Waals surface area contributed by atoms with E-state index in [1.807, 2.05) is 61.5 Å². The number of nitrogens with one attached hydrogen (secondary N) is 1. The lowest BCUT2D eigenvalue weighted by Crippen LogP contribution is -2.28. The Morgan fingerprint density at radius 3 is 2.36 bits per heavy atom. The van der Waals surface area contributed by atoms with Crippen LogP contribution in [-0.2, 0) is 0 Å². The summed E-state index contributed by atoms with van der Waals surface area (Å²) in [5.41, 5.74) is 1.78. The highest BCUT2D eigenvalue weighted by molar-refractivity contribution is 7.14. The fraction of sp³-hybridized carbons (Fsp3) is 0.190. The van der Waals surface area contributed by atoms with E-state index in [0.29, 0.717) is 16.4 Å². The standard InChI is InChI=1S/C21H20N2O4S/c1-3-27-17-11-9-16(10-12-17)20(15-7-5-4-6-8-15)22-21(24)19-13-18(23(25)26)14(2)28-19/h4-13,20H,3H2,1-2H3,(H,22,24). The lowest BCUT2D eigenvalue weighted by Gasteiger charge is -2.20. The molecule has 3 rings (SSSR count). The van der Waals surface area contributed by atoms with E-state index in [1.54, 1.807) is 6.92 Å². The molecule has 1 heterocycles. The first kappa shape index (κ1) is 19.6. The molecule has 1 amide bonds. The molecule has 7 heteroatoms. The van der Waals surface area contributed by atoms with Crippen molar-refractivity contribution in [3.63, 3.8) is 0 Å². The van der Waals surface area contributed by atoms with Crippen molar-refractivity contribution in [2.24, 2.45) is 0 Å². The van der Waals surface area contributed by atoms with E-state index in [9.17, 15) is 14.9 Å². The van der Waals surface area contributed by atoms with Crippen LogP contribution in [0.3, 0.4) is 0 Å². The number of nitro groups is 1. The number of amides is 1. The third kappa shape index (κ3) is 4.37. The van der Waals surface area contributed by atoms with Crippen LogP contribution in [-0.4, -0.2) is 17.4 Å². The highest BCUT2D eigenvalue weighted by Crippen LogP contribution is 2.30. The van der Waals surface area contributed by atoms with Crippen LogP contribution < -0.4 is 10.1 Å². The number of carbonyl (C=O) groups is 1. The average Bonchev–Trinajstić information content (AvgIpc) is 3.10. The average molecular weight is 396 g/mol. The molecule has 1 aromatic heterocycles. The quantitative estimate of drug-likeness (QED) is 0.456. The summed E-state index contributed by atoms with van der Waals surface area (Å²) < 4.78 is 5.49. The van der Waals surface area contributed by atoms with E-state index in [1.165, 1.54) is 6.07 Å². The van der Waals surface area contributed by atoms with Crippen LogP contribution >= 0.6 is 11.3 Å². The first-order valence-electron chi connectivity index (χ1n) is 8.83.